The molecule has 0 aliphatic carbocycles. The minimum Gasteiger partial charge on any atom is -0.310 e. The fourth-order valence-electron chi connectivity index (χ4n) is 7.45. The molecule has 204 valence electrons. The van der Waals surface area contributed by atoms with Gasteiger partial charge in [0.25, 0.3) is 0 Å². The molecule has 0 radical (unpaired) electrons. The fraction of sp³-hybridized carbons (Fsp3) is 0. The summed E-state index contributed by atoms with van der Waals surface area (Å²) in [7, 11) is 0. The van der Waals surface area contributed by atoms with Crippen molar-refractivity contribution in [1.82, 2.24) is 4.40 Å². The van der Waals surface area contributed by atoms with Gasteiger partial charge in [-0.05, 0) is 86.9 Å². The van der Waals surface area contributed by atoms with Crippen LogP contribution < -0.4 is 4.90 Å². The molecule has 44 heavy (non-hydrogen) atoms. The molecule has 8 aromatic carbocycles. The van der Waals surface area contributed by atoms with Crippen LogP contribution in [0.4, 0.5) is 17.1 Å². The van der Waals surface area contributed by atoms with Gasteiger partial charge in [-0.2, -0.15) is 0 Å². The van der Waals surface area contributed by atoms with Gasteiger partial charge in [0.15, 0.2) is 0 Å². The van der Waals surface area contributed by atoms with Crippen LogP contribution in [0, 0.1) is 0 Å². The average molecular weight is 559 g/mol. The Kier molecular flexibility index (Phi) is 4.75. The van der Waals surface area contributed by atoms with Crippen LogP contribution in [0.3, 0.4) is 0 Å². The molecule has 2 nitrogen and oxygen atoms in total. The summed E-state index contributed by atoms with van der Waals surface area (Å²) >= 11 is 0. The van der Waals surface area contributed by atoms with Gasteiger partial charge >= 0.3 is 0 Å². The van der Waals surface area contributed by atoms with Gasteiger partial charge in [-0.3, -0.25) is 0 Å². The predicted octanol–water partition coefficient (Wildman–Crippen LogP) is 11.8. The van der Waals surface area contributed by atoms with E-state index in [0.717, 1.165) is 17.1 Å². The van der Waals surface area contributed by atoms with Crippen molar-refractivity contribution in [3.8, 4) is 0 Å². The number of hydrogen-bond acceptors (Lipinski definition) is 1. The second-order valence-corrected chi connectivity index (χ2v) is 11.8. The topological polar surface area (TPSA) is 7.65 Å². The number of nitrogens with zero attached hydrogens (tertiary/aromatic N) is 2. The molecule has 0 fully saturated rings. The minimum absolute atomic E-state index is 1.14. The van der Waals surface area contributed by atoms with Crippen LogP contribution in [-0.2, 0) is 0 Å². The van der Waals surface area contributed by atoms with Crippen molar-refractivity contribution in [2.45, 2.75) is 0 Å². The van der Waals surface area contributed by atoms with E-state index in [2.05, 4.69) is 167 Å². The first-order valence-corrected chi connectivity index (χ1v) is 15.2. The Balaban J connectivity index is 1.29. The molecule has 0 saturated heterocycles. The molecule has 2 aromatic heterocycles. The largest absolute Gasteiger partial charge is 0.310 e. The molecular weight excluding hydrogens is 532 g/mol. The van der Waals surface area contributed by atoms with Gasteiger partial charge in [0.2, 0.25) is 0 Å². The van der Waals surface area contributed by atoms with Gasteiger partial charge in [0.05, 0.1) is 16.6 Å². The summed E-state index contributed by atoms with van der Waals surface area (Å²) in [6.07, 6.45) is 0. The highest BCUT2D eigenvalue weighted by Gasteiger charge is 2.21. The standard InChI is InChI=1S/C42H26N2/c1-3-11-29-23-32(19-17-27(29)9-1)43(33-20-18-28-10-2-4-12-30(28)24-33)34-21-22-40-37(26-34)38-25-31-13-5-6-14-35(31)41-36-15-7-8-16-39(36)44(40)42(38)41/h1-26H. The zero-order chi connectivity index (χ0) is 28.8. The Morgan fingerprint density at radius 3 is 1.57 bits per heavy atom. The summed E-state index contributed by atoms with van der Waals surface area (Å²) < 4.78 is 2.47. The SMILES string of the molecule is c1ccc2cc(N(c3ccc4ccccc4c3)c3ccc4c(c3)c3cc5ccccc5c5c6ccccc6n4c35)ccc2c1. The van der Waals surface area contributed by atoms with Crippen LogP contribution in [0.2, 0.25) is 0 Å². The first kappa shape index (κ1) is 23.7. The molecule has 0 bridgehead atoms. The molecule has 2 heteroatoms. The third kappa shape index (κ3) is 3.25. The molecule has 0 N–H and O–H groups in total. The van der Waals surface area contributed by atoms with Crippen molar-refractivity contribution in [3.05, 3.63) is 158 Å². The quantitative estimate of drug-likeness (QED) is 0.209. The van der Waals surface area contributed by atoms with E-state index in [0.29, 0.717) is 0 Å². The van der Waals surface area contributed by atoms with Gasteiger partial charge in [-0.1, -0.05) is 103 Å². The van der Waals surface area contributed by atoms with Crippen molar-refractivity contribution >= 4 is 87.5 Å². The third-order valence-corrected chi connectivity index (χ3v) is 9.41. The second-order valence-electron chi connectivity index (χ2n) is 11.8. The van der Waals surface area contributed by atoms with Gasteiger partial charge in [-0.15, -0.1) is 0 Å². The Morgan fingerprint density at radius 1 is 0.341 bits per heavy atom. The molecule has 0 aliphatic rings. The number of rotatable bonds is 3. The smallest absolute Gasteiger partial charge is 0.0626 e. The summed E-state index contributed by atoms with van der Waals surface area (Å²) in [6.45, 7) is 0. The zero-order valence-electron chi connectivity index (χ0n) is 23.9. The molecule has 2 heterocycles. The van der Waals surface area contributed by atoms with Crippen LogP contribution in [-0.4, -0.2) is 4.40 Å². The lowest BCUT2D eigenvalue weighted by Crippen LogP contribution is -2.10. The van der Waals surface area contributed by atoms with Crippen molar-refractivity contribution < 1.29 is 0 Å². The summed E-state index contributed by atoms with van der Waals surface area (Å²) in [5.41, 5.74) is 7.23. The number of aromatic nitrogens is 1. The molecule has 0 aliphatic heterocycles. The molecule has 10 rings (SSSR count). The van der Waals surface area contributed by atoms with Gasteiger partial charge < -0.3 is 9.30 Å². The van der Waals surface area contributed by atoms with E-state index < -0.39 is 0 Å². The molecular formula is C42H26N2. The molecule has 0 saturated carbocycles. The van der Waals surface area contributed by atoms with Gasteiger partial charge in [-0.25, -0.2) is 0 Å². The predicted molar refractivity (Wildman–Crippen MR) is 188 cm³/mol. The van der Waals surface area contributed by atoms with E-state index in [9.17, 15) is 0 Å². The van der Waals surface area contributed by atoms with Crippen molar-refractivity contribution in [2.75, 3.05) is 4.90 Å². The Hall–Kier alpha value is -5.86. The number of hydrogen-bond donors (Lipinski definition) is 0. The summed E-state index contributed by atoms with van der Waals surface area (Å²) in [6, 6.07) is 57.8. The van der Waals surface area contributed by atoms with Gasteiger partial charge in [0.1, 0.15) is 0 Å². The number of para-hydroxylation sites is 1. The van der Waals surface area contributed by atoms with Crippen molar-refractivity contribution in [2.24, 2.45) is 0 Å². The van der Waals surface area contributed by atoms with E-state index in [1.54, 1.807) is 0 Å². The average Bonchev–Trinajstić information content (AvgIpc) is 3.60. The molecule has 0 spiro atoms. The first-order valence-electron chi connectivity index (χ1n) is 15.2. The van der Waals surface area contributed by atoms with E-state index in [-0.39, 0.29) is 0 Å². The Morgan fingerprint density at radius 2 is 0.864 bits per heavy atom. The molecule has 0 unspecified atom stereocenters. The monoisotopic (exact) mass is 558 g/mol. The highest BCUT2D eigenvalue weighted by atomic mass is 15.1. The van der Waals surface area contributed by atoms with E-state index in [4.69, 9.17) is 0 Å². The molecule has 0 atom stereocenters. The van der Waals surface area contributed by atoms with Crippen LogP contribution in [0.25, 0.3) is 70.4 Å². The highest BCUT2D eigenvalue weighted by molar-refractivity contribution is 6.31. The summed E-state index contributed by atoms with van der Waals surface area (Å²) in [5, 5.41) is 12.7. The lowest BCUT2D eigenvalue weighted by Gasteiger charge is -2.26. The lowest BCUT2D eigenvalue weighted by atomic mass is 10.00. The lowest BCUT2D eigenvalue weighted by molar-refractivity contribution is 1.30. The van der Waals surface area contributed by atoms with Crippen molar-refractivity contribution in [1.29, 1.82) is 0 Å². The van der Waals surface area contributed by atoms with Crippen LogP contribution in [0.1, 0.15) is 0 Å². The number of benzene rings is 8. The van der Waals surface area contributed by atoms with E-state index >= 15 is 0 Å². The zero-order valence-corrected chi connectivity index (χ0v) is 23.9. The normalized spacial score (nSPS) is 12.1. The minimum atomic E-state index is 1.14. The van der Waals surface area contributed by atoms with Crippen LogP contribution in [0.5, 0.6) is 0 Å². The maximum atomic E-state index is 2.47. The van der Waals surface area contributed by atoms with Crippen LogP contribution in [0.15, 0.2) is 158 Å². The van der Waals surface area contributed by atoms with E-state index in [1.165, 1.54) is 70.4 Å². The Labute approximate surface area is 253 Å². The van der Waals surface area contributed by atoms with Gasteiger partial charge in [0, 0.05) is 38.6 Å². The molecule has 10 aromatic rings. The Bertz CT molecular complexity index is 2650. The maximum Gasteiger partial charge on any atom is 0.0626 e. The molecule has 0 amide bonds. The number of fused-ring (bicyclic) bond motifs is 10. The summed E-state index contributed by atoms with van der Waals surface area (Å²) in [5.74, 6) is 0. The summed E-state index contributed by atoms with van der Waals surface area (Å²) in [4.78, 5) is 2.41. The van der Waals surface area contributed by atoms with Crippen LogP contribution >= 0.6 is 0 Å². The highest BCUT2D eigenvalue weighted by Crippen LogP contribution is 2.45. The van der Waals surface area contributed by atoms with E-state index in [1.807, 2.05) is 0 Å². The number of anilines is 3. The maximum absolute atomic E-state index is 2.47. The van der Waals surface area contributed by atoms with Crippen molar-refractivity contribution in [3.63, 3.8) is 0 Å². The first-order chi connectivity index (χ1) is 21.8. The fourth-order valence-corrected chi connectivity index (χ4v) is 7.45. The second kappa shape index (κ2) is 8.82. The third-order valence-electron chi connectivity index (χ3n) is 9.41.